The Bertz CT molecular complexity index is 1710. The summed E-state index contributed by atoms with van der Waals surface area (Å²) in [4.78, 5) is 0. The monoisotopic (exact) mass is 961 g/mol. The molecule has 0 spiro atoms. The van der Waals surface area contributed by atoms with Crippen LogP contribution in [0.2, 0.25) is 0 Å². The fourth-order valence-corrected chi connectivity index (χ4v) is 15.1. The van der Waals surface area contributed by atoms with Gasteiger partial charge in [0.25, 0.3) is 0 Å². The lowest BCUT2D eigenvalue weighted by Gasteiger charge is -2.72. The van der Waals surface area contributed by atoms with Gasteiger partial charge in [-0.2, -0.15) is 0 Å². The summed E-state index contributed by atoms with van der Waals surface area (Å²) >= 11 is 0. The highest BCUT2D eigenvalue weighted by atomic mass is 16.7. The zero-order valence-electron chi connectivity index (χ0n) is 40.6. The van der Waals surface area contributed by atoms with Gasteiger partial charge in [-0.3, -0.25) is 0 Å². The maximum Gasteiger partial charge on any atom is 0.186 e. The maximum absolute atomic E-state index is 11.3. The van der Waals surface area contributed by atoms with Crippen LogP contribution >= 0.6 is 0 Å². The van der Waals surface area contributed by atoms with Crippen molar-refractivity contribution < 1.29 is 90.1 Å². The second-order valence-electron chi connectivity index (χ2n) is 23.3. The third-order valence-corrected chi connectivity index (χ3v) is 19.9. The summed E-state index contributed by atoms with van der Waals surface area (Å²) in [5, 5.41) is 133. The molecule has 388 valence electrons. The van der Waals surface area contributed by atoms with Crippen molar-refractivity contribution in [3.8, 4) is 0 Å². The fourth-order valence-electron chi connectivity index (χ4n) is 15.1. The molecule has 27 unspecified atom stereocenters. The van der Waals surface area contributed by atoms with Crippen molar-refractivity contribution in [1.82, 2.24) is 0 Å². The minimum Gasteiger partial charge on any atom is -0.396 e. The van der Waals surface area contributed by atoms with E-state index in [0.29, 0.717) is 18.3 Å². The Morgan fingerprint density at radius 2 is 1.25 bits per heavy atom. The van der Waals surface area contributed by atoms with Crippen LogP contribution in [0.4, 0.5) is 0 Å². The SMILES string of the molecule is CC1CCC2(COC3OC(COC4OC(CO)C(C)C(O)C4O)C(O)C(O)C3O)CCC3(C)C(=CCC4C5(C)CC(O)C(O)C(C)(CO)C5CCC43C)C2C1C.CC1OC(O)C(O)C(O)C1O. The first-order valence-corrected chi connectivity index (χ1v) is 24.9. The fraction of sp³-hybridized carbons (Fsp3) is 0.959. The van der Waals surface area contributed by atoms with Crippen LogP contribution in [-0.4, -0.2) is 191 Å². The van der Waals surface area contributed by atoms with Gasteiger partial charge < -0.3 is 90.1 Å². The summed E-state index contributed by atoms with van der Waals surface area (Å²) in [6.07, 6.45) is -10.1. The summed E-state index contributed by atoms with van der Waals surface area (Å²) in [6, 6.07) is 0. The van der Waals surface area contributed by atoms with Crippen molar-refractivity contribution in [2.24, 2.45) is 62.6 Å². The minimum absolute atomic E-state index is 0.0782. The molecule has 27 atom stereocenters. The van der Waals surface area contributed by atoms with Crippen molar-refractivity contribution in [3.05, 3.63) is 11.6 Å². The van der Waals surface area contributed by atoms with E-state index in [4.69, 9.17) is 39.4 Å². The number of hydrogen-bond donors (Lipinski definition) is 13. The smallest absolute Gasteiger partial charge is 0.186 e. The van der Waals surface area contributed by atoms with E-state index in [1.807, 2.05) is 6.92 Å². The van der Waals surface area contributed by atoms with Gasteiger partial charge in [0.1, 0.15) is 48.8 Å². The van der Waals surface area contributed by atoms with E-state index < -0.39 is 110 Å². The molecule has 3 saturated heterocycles. The van der Waals surface area contributed by atoms with Crippen LogP contribution in [0.5, 0.6) is 0 Å². The lowest BCUT2D eigenvalue weighted by molar-refractivity contribution is -0.331. The molecule has 18 heteroatoms. The standard InChI is InChI=1S/C43H72O13.C6H12O5/c1-21-10-13-43(20-54-38-35(51)33(49)32(48)27(56-38)18-53-37-34(50)31(47)23(3)26(17-44)55-37)15-14-41(6)24(30(43)22(21)2)8-9-29-39(4)16-25(46)36(52)40(5,19-45)28(39)11-12-42(29,41)7;1-2-3(7)4(8)5(9)6(10)11-2/h8,21-23,25-38,44-52H,9-20H2,1-7H3;2-10H,1H3. The first kappa shape index (κ1) is 53.8. The van der Waals surface area contributed by atoms with Crippen LogP contribution in [0.3, 0.4) is 0 Å². The molecule has 0 bridgehead atoms. The molecule has 13 N–H and O–H groups in total. The Kier molecular flexibility index (Phi) is 15.9. The first-order chi connectivity index (χ1) is 31.3. The van der Waals surface area contributed by atoms with Gasteiger partial charge in [-0.05, 0) is 104 Å². The highest BCUT2D eigenvalue weighted by molar-refractivity contribution is 5.34. The van der Waals surface area contributed by atoms with Gasteiger partial charge in [0.2, 0.25) is 0 Å². The highest BCUT2D eigenvalue weighted by Crippen LogP contribution is 2.76. The Hall–Kier alpha value is -0.980. The van der Waals surface area contributed by atoms with Crippen LogP contribution in [0.1, 0.15) is 107 Å². The molecule has 18 nitrogen and oxygen atoms in total. The van der Waals surface area contributed by atoms with Crippen LogP contribution in [-0.2, 0) is 23.7 Å². The van der Waals surface area contributed by atoms with Gasteiger partial charge in [-0.15, -0.1) is 0 Å². The Morgan fingerprint density at radius 1 is 0.627 bits per heavy atom. The van der Waals surface area contributed by atoms with Gasteiger partial charge in [-0.1, -0.05) is 60.1 Å². The molecule has 0 aromatic heterocycles. The normalized spacial score (nSPS) is 56.5. The molecular weight excluding hydrogens is 877 g/mol. The number of aliphatic hydroxyl groups excluding tert-OH is 13. The van der Waals surface area contributed by atoms with E-state index in [1.165, 1.54) is 12.5 Å². The van der Waals surface area contributed by atoms with Crippen molar-refractivity contribution >= 4 is 0 Å². The second-order valence-corrected chi connectivity index (χ2v) is 23.3. The quantitative estimate of drug-likeness (QED) is 0.139. The molecule has 8 rings (SSSR count). The number of fused-ring (bicyclic) bond motifs is 7. The third-order valence-electron chi connectivity index (χ3n) is 19.9. The van der Waals surface area contributed by atoms with E-state index in [9.17, 15) is 46.0 Å². The van der Waals surface area contributed by atoms with E-state index >= 15 is 0 Å². The minimum atomic E-state index is -1.59. The third kappa shape index (κ3) is 8.83. The molecule has 3 aliphatic heterocycles. The van der Waals surface area contributed by atoms with Gasteiger partial charge in [0.15, 0.2) is 18.9 Å². The van der Waals surface area contributed by atoms with Crippen LogP contribution in [0, 0.1) is 62.6 Å². The molecule has 8 aliphatic rings. The predicted octanol–water partition coefficient (Wildman–Crippen LogP) is -0.330. The predicted molar refractivity (Wildman–Crippen MR) is 238 cm³/mol. The van der Waals surface area contributed by atoms with E-state index in [-0.39, 0.29) is 65.8 Å². The summed E-state index contributed by atoms with van der Waals surface area (Å²) in [6.45, 7) is 16.4. The van der Waals surface area contributed by atoms with Crippen molar-refractivity contribution in [2.45, 2.75) is 205 Å². The summed E-state index contributed by atoms with van der Waals surface area (Å²) in [5.74, 6) is 0.831. The molecule has 4 saturated carbocycles. The maximum atomic E-state index is 11.3. The number of hydrogen-bond acceptors (Lipinski definition) is 18. The largest absolute Gasteiger partial charge is 0.396 e. The number of ether oxygens (including phenoxy) is 5. The van der Waals surface area contributed by atoms with Crippen molar-refractivity contribution in [3.63, 3.8) is 0 Å². The second kappa shape index (κ2) is 19.8. The Morgan fingerprint density at radius 3 is 1.91 bits per heavy atom. The van der Waals surface area contributed by atoms with Gasteiger partial charge in [0.05, 0.1) is 56.9 Å². The van der Waals surface area contributed by atoms with Gasteiger partial charge in [0, 0.05) is 16.7 Å². The van der Waals surface area contributed by atoms with E-state index in [2.05, 4.69) is 45.4 Å². The first-order valence-electron chi connectivity index (χ1n) is 24.9. The molecule has 0 radical (unpaired) electrons. The topological polar surface area (TPSA) is 309 Å². The lowest BCUT2D eigenvalue weighted by Crippen LogP contribution is -2.68. The van der Waals surface area contributed by atoms with Crippen LogP contribution in [0.25, 0.3) is 0 Å². The zero-order valence-corrected chi connectivity index (χ0v) is 40.6. The molecule has 7 fully saturated rings. The summed E-state index contributed by atoms with van der Waals surface area (Å²) < 4.78 is 28.8. The Balaban J connectivity index is 0.000000532. The van der Waals surface area contributed by atoms with Crippen molar-refractivity contribution in [2.75, 3.05) is 26.4 Å². The highest BCUT2D eigenvalue weighted by Gasteiger charge is 2.70. The number of rotatable bonds is 8. The summed E-state index contributed by atoms with van der Waals surface area (Å²) in [5.41, 5.74) is -0.0345. The zero-order chi connectivity index (χ0) is 49.5. The molecule has 5 aliphatic carbocycles. The Labute approximate surface area is 394 Å². The average Bonchev–Trinajstić information content (AvgIpc) is 3.29. The average molecular weight is 961 g/mol. The number of aliphatic hydroxyl groups is 13. The lowest BCUT2D eigenvalue weighted by atomic mass is 9.33. The van der Waals surface area contributed by atoms with Crippen LogP contribution in [0.15, 0.2) is 11.6 Å². The molecule has 3 heterocycles. The molecule has 0 amide bonds. The molecule has 0 aromatic carbocycles. The number of allylic oxidation sites excluding steroid dienone is 2. The van der Waals surface area contributed by atoms with Gasteiger partial charge in [-0.25, -0.2) is 0 Å². The van der Waals surface area contributed by atoms with Gasteiger partial charge >= 0.3 is 0 Å². The summed E-state index contributed by atoms with van der Waals surface area (Å²) in [7, 11) is 0. The van der Waals surface area contributed by atoms with E-state index in [1.54, 1.807) is 6.92 Å². The van der Waals surface area contributed by atoms with Crippen molar-refractivity contribution in [1.29, 1.82) is 0 Å². The van der Waals surface area contributed by atoms with E-state index in [0.717, 1.165) is 44.9 Å². The van der Waals surface area contributed by atoms with Crippen LogP contribution < -0.4 is 0 Å². The molecular formula is C49H84O18. The molecule has 67 heavy (non-hydrogen) atoms. The molecule has 0 aromatic rings.